The Morgan fingerprint density at radius 1 is 0.974 bits per heavy atom. The third-order valence-corrected chi connectivity index (χ3v) is 7.55. The first kappa shape index (κ1) is 27.6. The van der Waals surface area contributed by atoms with E-state index >= 15 is 0 Å². The first-order valence-electron chi connectivity index (χ1n) is 13.5. The van der Waals surface area contributed by atoms with Crippen LogP contribution in [0.25, 0.3) is 0 Å². The number of fused-ring (bicyclic) bond motifs is 1. The molecule has 2 aromatic rings. The molecule has 38 heavy (non-hydrogen) atoms. The molecule has 2 heterocycles. The fourth-order valence-electron chi connectivity index (χ4n) is 5.52. The molecule has 1 N–H and O–H groups in total. The lowest BCUT2D eigenvalue weighted by Gasteiger charge is -2.29. The summed E-state index contributed by atoms with van der Waals surface area (Å²) in [6, 6.07) is 15.2. The highest BCUT2D eigenvalue weighted by atomic mass is 16.2. The van der Waals surface area contributed by atoms with Crippen molar-refractivity contribution < 1.29 is 19.2 Å². The van der Waals surface area contributed by atoms with Crippen molar-refractivity contribution in [1.29, 1.82) is 0 Å². The van der Waals surface area contributed by atoms with Gasteiger partial charge in [0.15, 0.2) is 5.78 Å². The van der Waals surface area contributed by atoms with Crippen LogP contribution in [0.5, 0.6) is 0 Å². The van der Waals surface area contributed by atoms with Crippen LogP contribution in [0.4, 0.5) is 0 Å². The molecular weight excluding hydrogens is 478 g/mol. The number of benzene rings is 2. The van der Waals surface area contributed by atoms with Crippen molar-refractivity contribution in [2.45, 2.75) is 77.4 Å². The third-order valence-electron chi connectivity index (χ3n) is 7.55. The third kappa shape index (κ3) is 5.98. The van der Waals surface area contributed by atoms with Gasteiger partial charge in [-0.25, -0.2) is 0 Å². The van der Waals surface area contributed by atoms with Crippen molar-refractivity contribution in [3.8, 4) is 0 Å². The molecule has 0 bridgehead atoms. The molecule has 0 spiro atoms. The second-order valence-corrected chi connectivity index (χ2v) is 12.0. The molecule has 0 aromatic heterocycles. The average Bonchev–Trinajstić information content (AvgIpc) is 3.44. The monoisotopic (exact) mass is 517 g/mol. The molecule has 4 rings (SSSR count). The Labute approximate surface area is 225 Å². The summed E-state index contributed by atoms with van der Waals surface area (Å²) in [5.74, 6) is -0.616. The van der Waals surface area contributed by atoms with Gasteiger partial charge in [-0.15, -0.1) is 0 Å². The van der Waals surface area contributed by atoms with Crippen molar-refractivity contribution in [3.05, 3.63) is 71.3 Å². The number of nitrogens with zero attached hydrogens (tertiary/aromatic N) is 2. The van der Waals surface area contributed by atoms with Gasteiger partial charge in [0, 0.05) is 12.1 Å². The number of amides is 3. The second-order valence-electron chi connectivity index (χ2n) is 12.0. The van der Waals surface area contributed by atoms with E-state index in [0.717, 1.165) is 11.1 Å². The number of ketones is 1. The standard InChI is InChI=1S/C31H39N3O4/c1-20(2)17-24(32-29(37)22-11-13-23(14-12-22)31(3,4)5)30(38)33-16-15-25-28(33)26(35)19-34(25)27(36)18-21-9-7-6-8-10-21/h6-14,20,24-25,28H,15-19H2,1-5H3,(H,32,37). The second kappa shape index (κ2) is 11.1. The molecular formula is C31H39N3O4. The zero-order chi connectivity index (χ0) is 27.6. The molecule has 7 nitrogen and oxygen atoms in total. The largest absolute Gasteiger partial charge is 0.340 e. The van der Waals surface area contributed by atoms with Crippen LogP contribution in [-0.4, -0.2) is 64.5 Å². The van der Waals surface area contributed by atoms with Crippen LogP contribution in [0, 0.1) is 5.92 Å². The van der Waals surface area contributed by atoms with Crippen molar-refractivity contribution in [1.82, 2.24) is 15.1 Å². The maximum atomic E-state index is 13.7. The molecule has 0 saturated carbocycles. The van der Waals surface area contributed by atoms with E-state index in [1.165, 1.54) is 0 Å². The minimum absolute atomic E-state index is 0.0200. The number of nitrogens with one attached hydrogen (secondary N) is 1. The first-order chi connectivity index (χ1) is 18.0. The first-order valence-corrected chi connectivity index (χ1v) is 13.5. The number of rotatable bonds is 7. The molecule has 2 saturated heterocycles. The van der Waals surface area contributed by atoms with Crippen molar-refractivity contribution >= 4 is 23.5 Å². The van der Waals surface area contributed by atoms with Crippen LogP contribution in [0.15, 0.2) is 54.6 Å². The number of Topliss-reactive ketones (excluding diaryl/α,β-unsaturated/α-hetero) is 1. The van der Waals surface area contributed by atoms with Gasteiger partial charge in [-0.2, -0.15) is 0 Å². The maximum Gasteiger partial charge on any atom is 0.251 e. The summed E-state index contributed by atoms with van der Waals surface area (Å²) in [4.78, 5) is 56.2. The lowest BCUT2D eigenvalue weighted by atomic mass is 9.86. The van der Waals surface area contributed by atoms with Gasteiger partial charge in [0.05, 0.1) is 19.0 Å². The smallest absolute Gasteiger partial charge is 0.251 e. The summed E-state index contributed by atoms with van der Waals surface area (Å²) in [6.45, 7) is 10.8. The Hall–Kier alpha value is -3.48. The van der Waals surface area contributed by atoms with Crippen LogP contribution in [0.2, 0.25) is 0 Å². The molecule has 7 heteroatoms. The van der Waals surface area contributed by atoms with Gasteiger partial charge in [-0.3, -0.25) is 19.2 Å². The summed E-state index contributed by atoms with van der Waals surface area (Å²) in [7, 11) is 0. The molecule has 3 atom stereocenters. The molecule has 2 aromatic carbocycles. The lowest BCUT2D eigenvalue weighted by Crippen LogP contribution is -2.53. The predicted octanol–water partition coefficient (Wildman–Crippen LogP) is 3.75. The Morgan fingerprint density at radius 3 is 2.24 bits per heavy atom. The van der Waals surface area contributed by atoms with Gasteiger partial charge in [-0.1, -0.05) is 77.1 Å². The molecule has 3 amide bonds. The quantitative estimate of drug-likeness (QED) is 0.606. The van der Waals surface area contributed by atoms with Gasteiger partial charge in [0.25, 0.3) is 5.91 Å². The summed E-state index contributed by atoms with van der Waals surface area (Å²) in [5.41, 5.74) is 2.49. The Kier molecular flexibility index (Phi) is 8.05. The Morgan fingerprint density at radius 2 is 1.63 bits per heavy atom. The van der Waals surface area contributed by atoms with E-state index in [1.54, 1.807) is 21.9 Å². The highest BCUT2D eigenvalue weighted by Crippen LogP contribution is 2.31. The minimum atomic E-state index is -0.745. The van der Waals surface area contributed by atoms with Crippen LogP contribution in [0.1, 0.15) is 68.9 Å². The van der Waals surface area contributed by atoms with Crippen LogP contribution >= 0.6 is 0 Å². The number of hydrogen-bond acceptors (Lipinski definition) is 4. The molecule has 0 aliphatic carbocycles. The Bertz CT molecular complexity index is 1180. The fourth-order valence-corrected chi connectivity index (χ4v) is 5.52. The minimum Gasteiger partial charge on any atom is -0.340 e. The number of carbonyl (C=O) groups is 4. The van der Waals surface area contributed by atoms with Crippen molar-refractivity contribution in [3.63, 3.8) is 0 Å². The highest BCUT2D eigenvalue weighted by Gasteiger charge is 2.52. The number of likely N-dealkylation sites (tertiary alicyclic amines) is 2. The van der Waals surface area contributed by atoms with Crippen LogP contribution in [0.3, 0.4) is 0 Å². The molecule has 202 valence electrons. The highest BCUT2D eigenvalue weighted by molar-refractivity contribution is 6.01. The molecule has 0 radical (unpaired) electrons. The van der Waals surface area contributed by atoms with Gasteiger partial charge in [-0.05, 0) is 47.4 Å². The molecule has 3 unspecified atom stereocenters. The maximum absolute atomic E-state index is 13.7. The van der Waals surface area contributed by atoms with E-state index in [2.05, 4.69) is 26.1 Å². The zero-order valence-corrected chi connectivity index (χ0v) is 23.1. The zero-order valence-electron chi connectivity index (χ0n) is 23.1. The van der Waals surface area contributed by atoms with E-state index in [4.69, 9.17) is 0 Å². The topological polar surface area (TPSA) is 86.8 Å². The molecule has 2 aliphatic rings. The average molecular weight is 518 g/mol. The fraction of sp³-hybridized carbons (Fsp3) is 0.484. The van der Waals surface area contributed by atoms with Crippen LogP contribution in [-0.2, 0) is 26.2 Å². The van der Waals surface area contributed by atoms with Crippen molar-refractivity contribution in [2.24, 2.45) is 5.92 Å². The van der Waals surface area contributed by atoms with Gasteiger partial charge < -0.3 is 15.1 Å². The summed E-state index contributed by atoms with van der Waals surface area (Å²) in [5, 5.41) is 2.94. The van der Waals surface area contributed by atoms with E-state index in [-0.39, 0.29) is 53.8 Å². The van der Waals surface area contributed by atoms with E-state index < -0.39 is 12.1 Å². The predicted molar refractivity (Wildman–Crippen MR) is 147 cm³/mol. The van der Waals surface area contributed by atoms with E-state index in [1.807, 2.05) is 56.3 Å². The number of hydrogen-bond donors (Lipinski definition) is 1. The van der Waals surface area contributed by atoms with Crippen LogP contribution < -0.4 is 5.32 Å². The van der Waals surface area contributed by atoms with Gasteiger partial charge in [0.1, 0.15) is 12.1 Å². The van der Waals surface area contributed by atoms with Gasteiger partial charge >= 0.3 is 0 Å². The molecule has 2 aliphatic heterocycles. The van der Waals surface area contributed by atoms with E-state index in [0.29, 0.717) is 24.9 Å². The summed E-state index contributed by atoms with van der Waals surface area (Å²) in [6.07, 6.45) is 1.24. The van der Waals surface area contributed by atoms with Gasteiger partial charge in [0.2, 0.25) is 11.8 Å². The van der Waals surface area contributed by atoms with E-state index in [9.17, 15) is 19.2 Å². The summed E-state index contributed by atoms with van der Waals surface area (Å²) >= 11 is 0. The normalized spacial score (nSPS) is 20.0. The van der Waals surface area contributed by atoms with Crippen molar-refractivity contribution in [2.75, 3.05) is 13.1 Å². The number of carbonyl (C=O) groups excluding carboxylic acids is 4. The SMILES string of the molecule is CC(C)CC(NC(=O)c1ccc(C(C)(C)C)cc1)C(=O)N1CCC2C1C(=O)CN2C(=O)Cc1ccccc1. The molecule has 2 fully saturated rings. The summed E-state index contributed by atoms with van der Waals surface area (Å²) < 4.78 is 0. The Balaban J connectivity index is 1.47. The lowest BCUT2D eigenvalue weighted by molar-refractivity contribution is -0.138.